The summed E-state index contributed by atoms with van der Waals surface area (Å²) < 4.78 is 6.22. The molecule has 0 amide bonds. The number of rotatable bonds is 2. The van der Waals surface area contributed by atoms with E-state index in [1.807, 2.05) is 38.1 Å². The molecule has 0 fully saturated rings. The van der Waals surface area contributed by atoms with E-state index in [0.29, 0.717) is 11.3 Å². The van der Waals surface area contributed by atoms with Gasteiger partial charge in [0.25, 0.3) is 0 Å². The molecule has 3 heteroatoms. The molecule has 2 rings (SSSR count). The number of esters is 1. The van der Waals surface area contributed by atoms with Gasteiger partial charge in [0, 0.05) is 4.47 Å². The van der Waals surface area contributed by atoms with Crippen LogP contribution in [-0.4, -0.2) is 5.97 Å². The molecule has 0 aromatic heterocycles. The average Bonchev–Trinajstić information content (AvgIpc) is 2.32. The fourth-order valence-corrected chi connectivity index (χ4v) is 1.94. The number of hydrogen-bond acceptors (Lipinski definition) is 2. The van der Waals surface area contributed by atoms with Crippen LogP contribution in [0, 0.1) is 13.8 Å². The lowest BCUT2D eigenvalue weighted by Crippen LogP contribution is -2.08. The Hall–Kier alpha value is -1.61. The minimum Gasteiger partial charge on any atom is -0.423 e. The first-order valence-corrected chi connectivity index (χ1v) is 6.40. The van der Waals surface area contributed by atoms with Crippen molar-refractivity contribution in [3.8, 4) is 5.75 Å². The van der Waals surface area contributed by atoms with Crippen molar-refractivity contribution in [2.75, 3.05) is 0 Å². The van der Waals surface area contributed by atoms with Gasteiger partial charge in [0.1, 0.15) is 5.75 Å². The second-order valence-electron chi connectivity index (χ2n) is 4.17. The van der Waals surface area contributed by atoms with Crippen molar-refractivity contribution in [3.05, 3.63) is 63.6 Å². The number of carbonyl (C=O) groups excluding carboxylic acids is 1. The number of benzene rings is 2. The number of halogens is 1. The molecule has 92 valence electrons. The average molecular weight is 305 g/mol. The highest BCUT2D eigenvalue weighted by Crippen LogP contribution is 2.19. The third-order valence-electron chi connectivity index (χ3n) is 2.61. The molecule has 0 aliphatic heterocycles. The van der Waals surface area contributed by atoms with Gasteiger partial charge >= 0.3 is 5.97 Å². The van der Waals surface area contributed by atoms with Crippen molar-refractivity contribution in [1.29, 1.82) is 0 Å². The normalized spacial score (nSPS) is 10.2. The van der Waals surface area contributed by atoms with Crippen LogP contribution in [0.25, 0.3) is 0 Å². The van der Waals surface area contributed by atoms with Gasteiger partial charge < -0.3 is 4.74 Å². The second kappa shape index (κ2) is 5.36. The largest absolute Gasteiger partial charge is 0.423 e. The Morgan fingerprint density at radius 1 is 1.11 bits per heavy atom. The fraction of sp³-hybridized carbons (Fsp3) is 0.133. The Balaban J connectivity index is 2.19. The van der Waals surface area contributed by atoms with Gasteiger partial charge in [-0.15, -0.1) is 0 Å². The third-order valence-corrected chi connectivity index (χ3v) is 3.46. The fourth-order valence-electron chi connectivity index (χ4n) is 1.56. The Kier molecular flexibility index (Phi) is 3.82. The minimum atomic E-state index is -0.346. The van der Waals surface area contributed by atoms with Crippen LogP contribution in [0.15, 0.2) is 46.9 Å². The molecule has 0 spiro atoms. The zero-order valence-electron chi connectivity index (χ0n) is 10.2. The van der Waals surface area contributed by atoms with Crippen LogP contribution >= 0.6 is 15.9 Å². The van der Waals surface area contributed by atoms with Gasteiger partial charge in [-0.25, -0.2) is 4.79 Å². The number of hydrogen-bond donors (Lipinski definition) is 0. The van der Waals surface area contributed by atoms with Crippen LogP contribution in [0.1, 0.15) is 21.5 Å². The summed E-state index contributed by atoms with van der Waals surface area (Å²) in [5.74, 6) is 0.220. The second-order valence-corrected chi connectivity index (χ2v) is 5.02. The van der Waals surface area contributed by atoms with Crippen molar-refractivity contribution in [3.63, 3.8) is 0 Å². The first kappa shape index (κ1) is 12.8. The molecule has 0 radical (unpaired) electrons. The Morgan fingerprint density at radius 2 is 1.89 bits per heavy atom. The summed E-state index contributed by atoms with van der Waals surface area (Å²) in [5, 5.41) is 0. The summed E-state index contributed by atoms with van der Waals surface area (Å²) in [6.07, 6.45) is 0. The van der Waals surface area contributed by atoms with E-state index in [0.717, 1.165) is 15.6 Å². The maximum atomic E-state index is 11.9. The van der Waals surface area contributed by atoms with E-state index in [1.165, 1.54) is 0 Å². The molecule has 0 aliphatic rings. The molecule has 2 nitrogen and oxygen atoms in total. The molecule has 0 saturated carbocycles. The van der Waals surface area contributed by atoms with Crippen molar-refractivity contribution >= 4 is 21.9 Å². The molecule has 18 heavy (non-hydrogen) atoms. The molecule has 2 aromatic rings. The Labute approximate surface area is 115 Å². The van der Waals surface area contributed by atoms with Crippen molar-refractivity contribution in [2.24, 2.45) is 0 Å². The summed E-state index contributed by atoms with van der Waals surface area (Å²) in [4.78, 5) is 11.9. The molecule has 0 unspecified atom stereocenters. The van der Waals surface area contributed by atoms with Crippen LogP contribution < -0.4 is 4.74 Å². The molecule has 0 aliphatic carbocycles. The maximum absolute atomic E-state index is 11.9. The lowest BCUT2D eigenvalue weighted by molar-refractivity contribution is 0.0734. The predicted octanol–water partition coefficient (Wildman–Crippen LogP) is 4.29. The zero-order chi connectivity index (χ0) is 13.1. The highest BCUT2D eigenvalue weighted by atomic mass is 79.9. The van der Waals surface area contributed by atoms with E-state index in [2.05, 4.69) is 15.9 Å². The zero-order valence-corrected chi connectivity index (χ0v) is 11.8. The number of carbonyl (C=O) groups is 1. The first-order chi connectivity index (χ1) is 8.56. The SMILES string of the molecule is Cc1cccc(OC(=O)c2ccc(C)c(Br)c2)c1. The maximum Gasteiger partial charge on any atom is 0.343 e. The van der Waals surface area contributed by atoms with Crippen molar-refractivity contribution < 1.29 is 9.53 Å². The summed E-state index contributed by atoms with van der Waals surface area (Å²) in [6.45, 7) is 3.93. The molecule has 0 heterocycles. The first-order valence-electron chi connectivity index (χ1n) is 5.61. The molecule has 0 N–H and O–H groups in total. The molecule has 0 bridgehead atoms. The van der Waals surface area contributed by atoms with Crippen LogP contribution in [0.4, 0.5) is 0 Å². The summed E-state index contributed by atoms with van der Waals surface area (Å²) >= 11 is 3.40. The summed E-state index contributed by atoms with van der Waals surface area (Å²) in [7, 11) is 0. The van der Waals surface area contributed by atoms with Gasteiger partial charge in [-0.2, -0.15) is 0 Å². The Bertz CT molecular complexity index is 591. The van der Waals surface area contributed by atoms with Gasteiger partial charge in [0.2, 0.25) is 0 Å². The lowest BCUT2D eigenvalue weighted by Gasteiger charge is -2.06. The van der Waals surface area contributed by atoms with E-state index < -0.39 is 0 Å². The molecular formula is C15H13BrO2. The lowest BCUT2D eigenvalue weighted by atomic mass is 10.1. The molecular weight excluding hydrogens is 292 g/mol. The van der Waals surface area contributed by atoms with Crippen molar-refractivity contribution in [1.82, 2.24) is 0 Å². The summed E-state index contributed by atoms with van der Waals surface area (Å²) in [5.41, 5.74) is 2.68. The highest BCUT2D eigenvalue weighted by molar-refractivity contribution is 9.10. The van der Waals surface area contributed by atoms with E-state index in [1.54, 1.807) is 18.2 Å². The van der Waals surface area contributed by atoms with Gasteiger partial charge in [-0.3, -0.25) is 0 Å². The quantitative estimate of drug-likeness (QED) is 0.611. The van der Waals surface area contributed by atoms with Crippen LogP contribution in [0.3, 0.4) is 0 Å². The highest BCUT2D eigenvalue weighted by Gasteiger charge is 2.09. The monoisotopic (exact) mass is 304 g/mol. The van der Waals surface area contributed by atoms with E-state index in [4.69, 9.17) is 4.74 Å². The molecule has 0 saturated heterocycles. The van der Waals surface area contributed by atoms with Gasteiger partial charge in [-0.05, 0) is 49.2 Å². The van der Waals surface area contributed by atoms with Gasteiger partial charge in [0.05, 0.1) is 5.56 Å². The summed E-state index contributed by atoms with van der Waals surface area (Å²) in [6, 6.07) is 12.8. The van der Waals surface area contributed by atoms with E-state index in [-0.39, 0.29) is 5.97 Å². The van der Waals surface area contributed by atoms with Crippen LogP contribution in [-0.2, 0) is 0 Å². The van der Waals surface area contributed by atoms with Crippen molar-refractivity contribution in [2.45, 2.75) is 13.8 Å². The van der Waals surface area contributed by atoms with Crippen LogP contribution in [0.5, 0.6) is 5.75 Å². The van der Waals surface area contributed by atoms with E-state index in [9.17, 15) is 4.79 Å². The molecule has 2 aromatic carbocycles. The predicted molar refractivity (Wildman–Crippen MR) is 75.0 cm³/mol. The number of ether oxygens (including phenoxy) is 1. The molecule has 0 atom stereocenters. The van der Waals surface area contributed by atoms with Crippen LogP contribution in [0.2, 0.25) is 0 Å². The number of aryl methyl sites for hydroxylation is 2. The third kappa shape index (κ3) is 2.99. The minimum absolute atomic E-state index is 0.346. The van der Waals surface area contributed by atoms with Gasteiger partial charge in [0.15, 0.2) is 0 Å². The van der Waals surface area contributed by atoms with Gasteiger partial charge in [-0.1, -0.05) is 34.1 Å². The topological polar surface area (TPSA) is 26.3 Å². The Morgan fingerprint density at radius 3 is 2.56 bits per heavy atom. The standard InChI is InChI=1S/C15H13BrO2/c1-10-4-3-5-13(8-10)18-15(17)12-7-6-11(2)14(16)9-12/h3-9H,1-2H3. The van der Waals surface area contributed by atoms with E-state index >= 15 is 0 Å². The smallest absolute Gasteiger partial charge is 0.343 e.